The zero-order valence-electron chi connectivity index (χ0n) is 25.2. The lowest BCUT2D eigenvalue weighted by molar-refractivity contribution is 0.0697. The molecule has 0 aliphatic carbocycles. The molecule has 2 amide bonds. The third kappa shape index (κ3) is 5.61. The molecule has 4 heterocycles. The van der Waals surface area contributed by atoms with Gasteiger partial charge in [-0.2, -0.15) is 0 Å². The second kappa shape index (κ2) is 11.1. The van der Waals surface area contributed by atoms with E-state index < -0.39 is 0 Å². The van der Waals surface area contributed by atoms with Crippen LogP contribution in [0.3, 0.4) is 0 Å². The van der Waals surface area contributed by atoms with Gasteiger partial charge in [0.1, 0.15) is 0 Å². The number of carbonyl (C=O) groups excluding carboxylic acids is 2. The summed E-state index contributed by atoms with van der Waals surface area (Å²) in [7, 11) is 0. The first-order chi connectivity index (χ1) is 20.1. The fraction of sp³-hybridized carbons (Fsp3) is 0.457. The normalized spacial score (nSPS) is 20.7. The van der Waals surface area contributed by atoms with E-state index in [9.17, 15) is 14.4 Å². The van der Waals surface area contributed by atoms with Crippen LogP contribution >= 0.6 is 0 Å². The number of hydrogen-bond donors (Lipinski definition) is 1. The van der Waals surface area contributed by atoms with Gasteiger partial charge in [0.25, 0.3) is 17.4 Å². The van der Waals surface area contributed by atoms with E-state index in [4.69, 9.17) is 0 Å². The Balaban J connectivity index is 1.31. The minimum absolute atomic E-state index is 0.000795. The van der Waals surface area contributed by atoms with Gasteiger partial charge in [0.05, 0.1) is 11.4 Å². The van der Waals surface area contributed by atoms with E-state index >= 15 is 0 Å². The fourth-order valence-electron chi connectivity index (χ4n) is 6.85. The number of amides is 2. The van der Waals surface area contributed by atoms with Crippen LogP contribution in [-0.4, -0.2) is 47.5 Å². The second-order valence-corrected chi connectivity index (χ2v) is 13.6. The molecule has 3 aromatic rings. The molecule has 220 valence electrons. The van der Waals surface area contributed by atoms with Crippen molar-refractivity contribution < 1.29 is 9.59 Å². The molecule has 2 bridgehead atoms. The van der Waals surface area contributed by atoms with Crippen LogP contribution in [0.5, 0.6) is 0 Å². The highest BCUT2D eigenvalue weighted by atomic mass is 16.2. The molecule has 1 N–H and O–H groups in total. The van der Waals surface area contributed by atoms with Crippen molar-refractivity contribution in [2.45, 2.75) is 64.8 Å². The maximum absolute atomic E-state index is 13.6. The molecule has 6 rings (SSSR count). The first-order valence-corrected chi connectivity index (χ1v) is 15.4. The number of nitrogens with one attached hydrogen (secondary N) is 1. The molecule has 2 aromatic carbocycles. The third-order valence-electron chi connectivity index (χ3n) is 9.40. The number of pyridine rings is 1. The molecule has 7 heteroatoms. The smallest absolute Gasteiger partial charge is 0.255 e. The number of benzene rings is 2. The Morgan fingerprint density at radius 1 is 0.881 bits per heavy atom. The standard InChI is InChI=1S/C35H42N4O3/c1-23-14-16-37(17-15-23)34(42)26-10-13-31(29(19-26)36-33(41)25-8-11-28(12-9-25)35(2,3)4)38-20-24-18-27(22-38)30-6-5-7-32(40)39(30)21-24/h5-13,19,23-24,27H,14-18,20-22H2,1-4H3,(H,36,41). The van der Waals surface area contributed by atoms with Crippen molar-refractivity contribution in [3.8, 4) is 0 Å². The summed E-state index contributed by atoms with van der Waals surface area (Å²) in [5, 5.41) is 3.18. The van der Waals surface area contributed by atoms with Gasteiger partial charge < -0.3 is 19.7 Å². The Hall–Kier alpha value is -3.87. The average Bonchev–Trinajstić information content (AvgIpc) is 2.97. The summed E-state index contributed by atoms with van der Waals surface area (Å²) >= 11 is 0. The zero-order chi connectivity index (χ0) is 29.6. The Labute approximate surface area is 248 Å². The van der Waals surface area contributed by atoms with Crippen LogP contribution in [0.2, 0.25) is 0 Å². The minimum atomic E-state index is -0.192. The van der Waals surface area contributed by atoms with Gasteiger partial charge in [0.2, 0.25) is 0 Å². The van der Waals surface area contributed by atoms with Crippen molar-refractivity contribution in [2.24, 2.45) is 11.8 Å². The van der Waals surface area contributed by atoms with Crippen molar-refractivity contribution in [3.05, 3.63) is 93.4 Å². The molecule has 2 saturated heterocycles. The van der Waals surface area contributed by atoms with E-state index in [0.717, 1.165) is 56.8 Å². The SMILES string of the molecule is CC1CCN(C(=O)c2ccc(N3CC4CC(C3)c3cccc(=O)n3C4)c(NC(=O)c3ccc(C(C)(C)C)cc3)c2)CC1. The number of aromatic nitrogens is 1. The van der Waals surface area contributed by atoms with Crippen LogP contribution in [0.15, 0.2) is 65.5 Å². The maximum atomic E-state index is 13.6. The van der Waals surface area contributed by atoms with E-state index in [1.54, 1.807) is 6.07 Å². The molecule has 2 fully saturated rings. The van der Waals surface area contributed by atoms with Crippen molar-refractivity contribution in [2.75, 3.05) is 36.4 Å². The van der Waals surface area contributed by atoms with E-state index in [1.807, 2.05) is 58.0 Å². The lowest BCUT2D eigenvalue weighted by Gasteiger charge is -2.44. The van der Waals surface area contributed by atoms with Gasteiger partial charge in [-0.15, -0.1) is 0 Å². The molecular formula is C35H42N4O3. The summed E-state index contributed by atoms with van der Waals surface area (Å²) in [6, 6.07) is 19.1. The number of fused-ring (bicyclic) bond motifs is 4. The molecule has 2 unspecified atom stereocenters. The van der Waals surface area contributed by atoms with Crippen LogP contribution in [0.25, 0.3) is 0 Å². The van der Waals surface area contributed by atoms with Crippen LogP contribution in [0, 0.1) is 11.8 Å². The third-order valence-corrected chi connectivity index (χ3v) is 9.40. The summed E-state index contributed by atoms with van der Waals surface area (Å²) in [5.41, 5.74) is 5.07. The van der Waals surface area contributed by atoms with Crippen LogP contribution < -0.4 is 15.8 Å². The van der Waals surface area contributed by atoms with Crippen molar-refractivity contribution in [3.63, 3.8) is 0 Å². The summed E-state index contributed by atoms with van der Waals surface area (Å²) < 4.78 is 1.93. The Bertz CT molecular complexity index is 1540. The molecule has 42 heavy (non-hydrogen) atoms. The first kappa shape index (κ1) is 28.3. The summed E-state index contributed by atoms with van der Waals surface area (Å²) in [6.45, 7) is 12.5. The minimum Gasteiger partial charge on any atom is -0.369 e. The van der Waals surface area contributed by atoms with Crippen molar-refractivity contribution in [1.82, 2.24) is 9.47 Å². The number of piperidine rings is 2. The zero-order valence-corrected chi connectivity index (χ0v) is 25.2. The fourth-order valence-corrected chi connectivity index (χ4v) is 6.85. The van der Waals surface area contributed by atoms with Gasteiger partial charge >= 0.3 is 0 Å². The Morgan fingerprint density at radius 3 is 2.31 bits per heavy atom. The highest BCUT2D eigenvalue weighted by Gasteiger charge is 2.35. The number of carbonyl (C=O) groups is 2. The predicted octanol–water partition coefficient (Wildman–Crippen LogP) is 5.89. The number of likely N-dealkylation sites (tertiary alicyclic amines) is 1. The molecular weight excluding hydrogens is 524 g/mol. The molecule has 0 spiro atoms. The predicted molar refractivity (Wildman–Crippen MR) is 168 cm³/mol. The summed E-state index contributed by atoms with van der Waals surface area (Å²) in [4.78, 5) is 43.9. The number of nitrogens with zero attached hydrogens (tertiary/aromatic N) is 3. The average molecular weight is 567 g/mol. The lowest BCUT2D eigenvalue weighted by Crippen LogP contribution is -2.47. The molecule has 2 atom stereocenters. The van der Waals surface area contributed by atoms with Gasteiger partial charge in [0, 0.05) is 61.5 Å². The Morgan fingerprint density at radius 2 is 1.60 bits per heavy atom. The van der Waals surface area contributed by atoms with E-state index in [2.05, 4.69) is 44.0 Å². The summed E-state index contributed by atoms with van der Waals surface area (Å²) in [6.07, 6.45) is 3.07. The van der Waals surface area contributed by atoms with Gasteiger partial charge in [-0.3, -0.25) is 14.4 Å². The molecule has 1 aromatic heterocycles. The second-order valence-electron chi connectivity index (χ2n) is 13.6. The van der Waals surface area contributed by atoms with E-state index in [-0.39, 0.29) is 28.7 Å². The highest BCUT2D eigenvalue weighted by molar-refractivity contribution is 6.07. The molecule has 7 nitrogen and oxygen atoms in total. The Kier molecular flexibility index (Phi) is 7.46. The molecule has 3 aliphatic heterocycles. The van der Waals surface area contributed by atoms with Gasteiger partial charge in [-0.25, -0.2) is 0 Å². The molecule has 0 radical (unpaired) electrons. The van der Waals surface area contributed by atoms with Crippen molar-refractivity contribution in [1.29, 1.82) is 0 Å². The van der Waals surface area contributed by atoms with Crippen LogP contribution in [-0.2, 0) is 12.0 Å². The molecule has 3 aliphatic rings. The van der Waals surface area contributed by atoms with E-state index in [1.165, 1.54) is 5.56 Å². The van der Waals surface area contributed by atoms with Crippen LogP contribution in [0.1, 0.15) is 84.8 Å². The summed E-state index contributed by atoms with van der Waals surface area (Å²) in [5.74, 6) is 1.03. The van der Waals surface area contributed by atoms with E-state index in [0.29, 0.717) is 35.2 Å². The highest BCUT2D eigenvalue weighted by Crippen LogP contribution is 2.39. The van der Waals surface area contributed by atoms with Gasteiger partial charge in [0.15, 0.2) is 0 Å². The largest absolute Gasteiger partial charge is 0.369 e. The molecule has 0 saturated carbocycles. The van der Waals surface area contributed by atoms with Gasteiger partial charge in [-0.1, -0.05) is 45.9 Å². The van der Waals surface area contributed by atoms with Crippen LogP contribution in [0.4, 0.5) is 11.4 Å². The van der Waals surface area contributed by atoms with Gasteiger partial charge in [-0.05, 0) is 78.5 Å². The van der Waals surface area contributed by atoms with Crippen molar-refractivity contribution >= 4 is 23.2 Å². The number of anilines is 2. The number of rotatable bonds is 4. The lowest BCUT2D eigenvalue weighted by atomic mass is 9.83. The maximum Gasteiger partial charge on any atom is 0.255 e. The topological polar surface area (TPSA) is 74.7 Å². The first-order valence-electron chi connectivity index (χ1n) is 15.4. The number of hydrogen-bond acceptors (Lipinski definition) is 4. The quantitative estimate of drug-likeness (QED) is 0.427. The monoisotopic (exact) mass is 566 g/mol.